The maximum atomic E-state index is 13.4. The van der Waals surface area contributed by atoms with Gasteiger partial charge in [0.2, 0.25) is 0 Å². The lowest BCUT2D eigenvalue weighted by Crippen LogP contribution is -2.61. The van der Waals surface area contributed by atoms with E-state index < -0.39 is 30.5 Å². The van der Waals surface area contributed by atoms with Gasteiger partial charge in [0.15, 0.2) is 0 Å². The van der Waals surface area contributed by atoms with E-state index in [0.29, 0.717) is 26.4 Å². The van der Waals surface area contributed by atoms with E-state index >= 15 is 0 Å². The van der Waals surface area contributed by atoms with E-state index in [1.165, 1.54) is 0 Å². The molecule has 0 aliphatic carbocycles. The highest BCUT2D eigenvalue weighted by molar-refractivity contribution is 5.79. The molecule has 0 unspecified atom stereocenters. The molecular weight excluding hydrogens is 592 g/mol. The van der Waals surface area contributed by atoms with Gasteiger partial charge in [0, 0.05) is 20.0 Å². The Morgan fingerprint density at radius 3 is 1.45 bits per heavy atom. The second-order valence-electron chi connectivity index (χ2n) is 12.0. The van der Waals surface area contributed by atoms with Gasteiger partial charge >= 0.3 is 0 Å². The fourth-order valence-corrected chi connectivity index (χ4v) is 5.76. The molecule has 4 aromatic rings. The van der Waals surface area contributed by atoms with E-state index in [-0.39, 0.29) is 31.3 Å². The molecule has 5 rings (SSSR count). The van der Waals surface area contributed by atoms with Gasteiger partial charge in [-0.25, -0.2) is 0 Å². The SMILES string of the molecule is CO[C@H](C)CC(=O)C[C@@H]1O[C@H](COCc2ccccc2)[C@H](OCc2ccccc2)[C@H](OCc2ccccc2)[C@H]1OCc1ccccc1. The molecular formula is C40H46O7. The minimum absolute atomic E-state index is 0.0343. The molecule has 0 saturated carbocycles. The van der Waals surface area contributed by atoms with Crippen molar-refractivity contribution >= 4 is 5.78 Å². The number of ketones is 1. The van der Waals surface area contributed by atoms with Crippen LogP contribution in [-0.4, -0.2) is 56.1 Å². The van der Waals surface area contributed by atoms with Gasteiger partial charge in [-0.1, -0.05) is 121 Å². The molecule has 1 aliphatic heterocycles. The predicted molar refractivity (Wildman–Crippen MR) is 181 cm³/mol. The standard InChI is InChI=1S/C40H46O7/c1-30(42-2)23-35(41)24-36-38(44-26-32-17-9-4-10-18-32)40(46-28-34-21-13-6-14-22-34)39(45-27-33-19-11-5-12-20-33)37(47-36)29-43-25-31-15-7-3-8-16-31/h3-22,30,36-40H,23-29H2,1-2H3/t30-,36+,37-,38+,39+,40-/m1/s1. The Balaban J connectivity index is 1.45. The van der Waals surface area contributed by atoms with Crippen molar-refractivity contribution in [2.45, 2.75) is 82.8 Å². The summed E-state index contributed by atoms with van der Waals surface area (Å²) in [4.78, 5) is 13.4. The van der Waals surface area contributed by atoms with Gasteiger partial charge in [-0.2, -0.15) is 0 Å². The summed E-state index contributed by atoms with van der Waals surface area (Å²) in [6.45, 7) is 3.60. The summed E-state index contributed by atoms with van der Waals surface area (Å²) in [5.74, 6) is 0.0343. The molecule has 7 nitrogen and oxygen atoms in total. The third kappa shape index (κ3) is 10.9. The molecule has 4 aromatic carbocycles. The Bertz CT molecular complexity index is 1430. The van der Waals surface area contributed by atoms with Crippen molar-refractivity contribution in [1.29, 1.82) is 0 Å². The molecule has 0 spiro atoms. The predicted octanol–water partition coefficient (Wildman–Crippen LogP) is 7.11. The smallest absolute Gasteiger partial charge is 0.138 e. The lowest BCUT2D eigenvalue weighted by Gasteiger charge is -2.46. The zero-order valence-corrected chi connectivity index (χ0v) is 27.3. The number of rotatable bonds is 18. The van der Waals surface area contributed by atoms with Crippen molar-refractivity contribution in [3.63, 3.8) is 0 Å². The highest BCUT2D eigenvalue weighted by Gasteiger charge is 2.49. The topological polar surface area (TPSA) is 72.5 Å². The minimum atomic E-state index is -0.591. The minimum Gasteiger partial charge on any atom is -0.381 e. The molecule has 1 aliphatic rings. The summed E-state index contributed by atoms with van der Waals surface area (Å²) >= 11 is 0. The molecule has 7 heteroatoms. The van der Waals surface area contributed by atoms with Gasteiger partial charge in [0.05, 0.1) is 45.2 Å². The first-order valence-electron chi connectivity index (χ1n) is 16.4. The van der Waals surface area contributed by atoms with E-state index in [0.717, 1.165) is 22.3 Å². The number of Topliss-reactive ketones (excluding diaryl/α,β-unsaturated/α-hetero) is 1. The molecule has 1 heterocycles. The Hall–Kier alpha value is -3.69. The molecule has 47 heavy (non-hydrogen) atoms. The second-order valence-corrected chi connectivity index (χ2v) is 12.0. The van der Waals surface area contributed by atoms with Crippen molar-refractivity contribution < 1.29 is 33.2 Å². The van der Waals surface area contributed by atoms with Gasteiger partial charge in [-0.05, 0) is 29.2 Å². The number of benzene rings is 4. The van der Waals surface area contributed by atoms with Gasteiger partial charge in [-0.15, -0.1) is 0 Å². The van der Waals surface area contributed by atoms with Gasteiger partial charge in [0.1, 0.15) is 30.2 Å². The van der Waals surface area contributed by atoms with E-state index in [4.69, 9.17) is 28.4 Å². The monoisotopic (exact) mass is 638 g/mol. The average Bonchev–Trinajstić information content (AvgIpc) is 3.11. The van der Waals surface area contributed by atoms with Crippen LogP contribution >= 0.6 is 0 Å². The number of carbonyl (C=O) groups is 1. The van der Waals surface area contributed by atoms with Crippen LogP contribution in [0.15, 0.2) is 121 Å². The average molecular weight is 639 g/mol. The van der Waals surface area contributed by atoms with E-state index in [2.05, 4.69) is 0 Å². The van der Waals surface area contributed by atoms with Crippen LogP contribution in [0.5, 0.6) is 0 Å². The Labute approximate surface area is 278 Å². The zero-order valence-electron chi connectivity index (χ0n) is 27.3. The summed E-state index contributed by atoms with van der Waals surface area (Å²) < 4.78 is 38.5. The molecule has 0 aromatic heterocycles. The number of hydrogen-bond acceptors (Lipinski definition) is 7. The summed E-state index contributed by atoms with van der Waals surface area (Å²) in [6, 6.07) is 40.1. The fourth-order valence-electron chi connectivity index (χ4n) is 5.76. The summed E-state index contributed by atoms with van der Waals surface area (Å²) in [7, 11) is 1.61. The summed E-state index contributed by atoms with van der Waals surface area (Å²) in [6.07, 6.45) is -2.56. The summed E-state index contributed by atoms with van der Waals surface area (Å²) in [5.41, 5.74) is 4.14. The highest BCUT2D eigenvalue weighted by atomic mass is 16.6. The quantitative estimate of drug-likeness (QED) is 0.115. The third-order valence-corrected chi connectivity index (χ3v) is 8.33. The molecule has 0 N–H and O–H groups in total. The van der Waals surface area contributed by atoms with Gasteiger partial charge in [0.25, 0.3) is 0 Å². The normalized spacial score (nSPS) is 21.7. The largest absolute Gasteiger partial charge is 0.381 e. The van der Waals surface area contributed by atoms with Crippen LogP contribution in [0.4, 0.5) is 0 Å². The molecule has 0 radical (unpaired) electrons. The van der Waals surface area contributed by atoms with Crippen molar-refractivity contribution in [2.24, 2.45) is 0 Å². The molecule has 6 atom stereocenters. The van der Waals surface area contributed by atoms with Crippen molar-refractivity contribution in [3.05, 3.63) is 144 Å². The van der Waals surface area contributed by atoms with Crippen molar-refractivity contribution in [1.82, 2.24) is 0 Å². The lowest BCUT2D eigenvalue weighted by atomic mass is 9.90. The van der Waals surface area contributed by atoms with Crippen LogP contribution in [0.3, 0.4) is 0 Å². The Morgan fingerprint density at radius 1 is 0.596 bits per heavy atom. The van der Waals surface area contributed by atoms with Crippen molar-refractivity contribution in [2.75, 3.05) is 13.7 Å². The maximum absolute atomic E-state index is 13.4. The summed E-state index contributed by atoms with van der Waals surface area (Å²) in [5, 5.41) is 0. The molecule has 248 valence electrons. The molecule has 1 saturated heterocycles. The second kappa shape index (κ2) is 18.6. The molecule has 1 fully saturated rings. The van der Waals surface area contributed by atoms with Gasteiger partial charge in [-0.3, -0.25) is 4.79 Å². The van der Waals surface area contributed by atoms with E-state index in [1.807, 2.05) is 128 Å². The van der Waals surface area contributed by atoms with Crippen LogP contribution in [0.1, 0.15) is 42.0 Å². The van der Waals surface area contributed by atoms with Crippen LogP contribution in [-0.2, 0) is 59.6 Å². The fraction of sp³-hybridized carbons (Fsp3) is 0.375. The number of carbonyl (C=O) groups excluding carboxylic acids is 1. The van der Waals surface area contributed by atoms with Gasteiger partial charge < -0.3 is 28.4 Å². The van der Waals surface area contributed by atoms with Crippen LogP contribution in [0.25, 0.3) is 0 Å². The highest BCUT2D eigenvalue weighted by Crippen LogP contribution is 2.33. The zero-order chi connectivity index (χ0) is 32.7. The number of hydrogen-bond donors (Lipinski definition) is 0. The first-order chi connectivity index (χ1) is 23.1. The lowest BCUT2D eigenvalue weighted by molar-refractivity contribution is -0.272. The Kier molecular flexibility index (Phi) is 13.7. The van der Waals surface area contributed by atoms with Crippen molar-refractivity contribution in [3.8, 4) is 0 Å². The number of ether oxygens (including phenoxy) is 6. The Morgan fingerprint density at radius 2 is 1.00 bits per heavy atom. The van der Waals surface area contributed by atoms with E-state index in [1.54, 1.807) is 7.11 Å². The van der Waals surface area contributed by atoms with Crippen LogP contribution in [0.2, 0.25) is 0 Å². The van der Waals surface area contributed by atoms with E-state index in [9.17, 15) is 4.79 Å². The molecule has 0 bridgehead atoms. The maximum Gasteiger partial charge on any atom is 0.138 e. The third-order valence-electron chi connectivity index (χ3n) is 8.33. The molecule has 0 amide bonds. The number of methoxy groups -OCH3 is 1. The first kappa shape index (κ1) is 34.6. The van der Waals surface area contributed by atoms with Crippen LogP contribution in [0, 0.1) is 0 Å². The first-order valence-corrected chi connectivity index (χ1v) is 16.4. The van der Waals surface area contributed by atoms with Crippen LogP contribution < -0.4 is 0 Å².